The van der Waals surface area contributed by atoms with E-state index in [1.54, 1.807) is 0 Å². The molecule has 0 amide bonds. The van der Waals surface area contributed by atoms with E-state index in [4.69, 9.17) is 19.3 Å². The highest BCUT2D eigenvalue weighted by molar-refractivity contribution is 5.00. The van der Waals surface area contributed by atoms with Crippen LogP contribution in [0.3, 0.4) is 0 Å². The fraction of sp³-hybridized carbons (Fsp3) is 1.00. The topological polar surface area (TPSA) is 291 Å². The largest absolute Gasteiger partial charge is 0.394 e. The molecule has 0 radical (unpaired) electrons. The Morgan fingerprint density at radius 1 is 0.588 bits per heavy atom. The predicted molar refractivity (Wildman–Crippen MR) is 104 cm³/mol. The van der Waals surface area contributed by atoms with E-state index in [1.165, 1.54) is 0 Å². The monoisotopic (exact) mass is 506 g/mol. The van der Waals surface area contributed by atoms with Crippen LogP contribution in [0, 0.1) is 0 Å². The summed E-state index contributed by atoms with van der Waals surface area (Å²) in [7, 11) is 0. The molecule has 0 saturated carbocycles. The average Bonchev–Trinajstić information content (AvgIpc) is 2.84. The number of hydrogen-bond donors (Lipinski definition) is 13. The van der Waals surface area contributed by atoms with Gasteiger partial charge in [0.25, 0.3) is 0 Å². The number of ether oxygens (including phenoxy) is 3. The molecule has 34 heavy (non-hydrogen) atoms. The third-order valence-electron chi connectivity index (χ3n) is 6.01. The Morgan fingerprint density at radius 2 is 1.09 bits per heavy atom. The lowest BCUT2D eigenvalue weighted by Crippen LogP contribution is -2.67. The number of hydrogen-bond acceptors (Lipinski definition) is 16. The van der Waals surface area contributed by atoms with Crippen molar-refractivity contribution in [3.8, 4) is 0 Å². The smallest absolute Gasteiger partial charge is 0.187 e. The molecule has 2 aliphatic rings. The summed E-state index contributed by atoms with van der Waals surface area (Å²) in [6.07, 6.45) is -29.1. The summed E-state index contributed by atoms with van der Waals surface area (Å²) >= 11 is 0. The number of aliphatic hydroxyl groups is 13. The average molecular weight is 506 g/mol. The molecule has 16 heteroatoms. The quantitative estimate of drug-likeness (QED) is 0.131. The van der Waals surface area contributed by atoms with Crippen LogP contribution in [0.15, 0.2) is 0 Å². The molecule has 2 fully saturated rings. The molecule has 0 aromatic carbocycles. The van der Waals surface area contributed by atoms with Gasteiger partial charge in [0.05, 0.1) is 19.8 Å². The van der Waals surface area contributed by atoms with Crippen molar-refractivity contribution in [2.45, 2.75) is 91.7 Å². The molecule has 15 atom stereocenters. The number of rotatable bonds is 10. The highest BCUT2D eigenvalue weighted by atomic mass is 16.7. The van der Waals surface area contributed by atoms with E-state index in [9.17, 15) is 61.3 Å². The van der Waals surface area contributed by atoms with Gasteiger partial charge in [-0.3, -0.25) is 0 Å². The Balaban J connectivity index is 2.39. The van der Waals surface area contributed by atoms with E-state index < -0.39 is 112 Å². The molecule has 0 aromatic rings. The van der Waals surface area contributed by atoms with Crippen LogP contribution in [0.4, 0.5) is 0 Å². The van der Waals surface area contributed by atoms with Crippen molar-refractivity contribution in [3.05, 3.63) is 0 Å². The molecule has 16 nitrogen and oxygen atoms in total. The van der Waals surface area contributed by atoms with E-state index in [0.29, 0.717) is 0 Å². The van der Waals surface area contributed by atoms with Gasteiger partial charge >= 0.3 is 0 Å². The third-order valence-corrected chi connectivity index (χ3v) is 6.01. The summed E-state index contributed by atoms with van der Waals surface area (Å²) in [6.45, 7) is -2.75. The summed E-state index contributed by atoms with van der Waals surface area (Å²) in [5.74, 6) is 0. The van der Waals surface area contributed by atoms with E-state index in [2.05, 4.69) is 0 Å². The Labute approximate surface area is 193 Å². The molecular weight excluding hydrogens is 472 g/mol. The van der Waals surface area contributed by atoms with Gasteiger partial charge in [-0.05, 0) is 0 Å². The van der Waals surface area contributed by atoms with Crippen LogP contribution in [0.25, 0.3) is 0 Å². The zero-order valence-corrected chi connectivity index (χ0v) is 17.8. The Kier molecular flexibility index (Phi) is 10.9. The number of aliphatic hydroxyl groups excluding tert-OH is 13. The van der Waals surface area contributed by atoms with Gasteiger partial charge in [-0.1, -0.05) is 0 Å². The molecule has 2 aliphatic heterocycles. The van der Waals surface area contributed by atoms with E-state index in [-0.39, 0.29) is 0 Å². The first-order valence-electron chi connectivity index (χ1n) is 10.5. The second-order valence-electron chi connectivity index (χ2n) is 8.31. The van der Waals surface area contributed by atoms with Gasteiger partial charge in [0.2, 0.25) is 0 Å². The lowest BCUT2D eigenvalue weighted by atomic mass is 9.87. The SMILES string of the molecule is OC[C@@H](O)[C@@H](O)[C@H](O)[C@H](O)C(O[C@@H]1O[C@H](CO)[C@@H](O)[C@H](O)[C@H]1O)[C@@H]1O[C@H](CO)[C@@H](O)[C@H](O)[C@H]1O. The van der Waals surface area contributed by atoms with Gasteiger partial charge in [0.1, 0.15) is 85.5 Å². The van der Waals surface area contributed by atoms with Gasteiger partial charge < -0.3 is 80.6 Å². The fourth-order valence-corrected chi connectivity index (χ4v) is 3.82. The summed E-state index contributed by atoms with van der Waals surface area (Å²) in [6, 6.07) is 0. The van der Waals surface area contributed by atoms with Crippen molar-refractivity contribution >= 4 is 0 Å². The second kappa shape index (κ2) is 12.5. The van der Waals surface area contributed by atoms with Crippen LogP contribution in [-0.4, -0.2) is 178 Å². The van der Waals surface area contributed by atoms with E-state index in [0.717, 1.165) is 0 Å². The van der Waals surface area contributed by atoms with E-state index >= 15 is 0 Å². The molecule has 1 unspecified atom stereocenters. The summed E-state index contributed by atoms with van der Waals surface area (Å²) in [5.41, 5.74) is 0. The lowest BCUT2D eigenvalue weighted by molar-refractivity contribution is -0.344. The normalized spacial score (nSPS) is 43.7. The van der Waals surface area contributed by atoms with Gasteiger partial charge in [-0.15, -0.1) is 0 Å². The van der Waals surface area contributed by atoms with Crippen LogP contribution in [0.1, 0.15) is 0 Å². The zero-order valence-electron chi connectivity index (χ0n) is 17.8. The molecule has 2 rings (SSSR count). The maximum Gasteiger partial charge on any atom is 0.187 e. The van der Waals surface area contributed by atoms with Crippen LogP contribution in [0.2, 0.25) is 0 Å². The molecule has 202 valence electrons. The molecule has 0 spiro atoms. The predicted octanol–water partition coefficient (Wildman–Crippen LogP) is -8.55. The van der Waals surface area contributed by atoms with Gasteiger partial charge in [-0.25, -0.2) is 0 Å². The second-order valence-corrected chi connectivity index (χ2v) is 8.31. The standard InChI is InChI=1S/C18H34O16/c19-1-4(22)7(23)10(26)13(29)17(16-14(30)11(27)8(24)5(2-20)32-16)34-18-15(31)12(28)9(25)6(3-21)33-18/h4-31H,1-3H2/t4-,5-,6-,7-,8-,9-,10+,11+,12+,13+,14-,15-,16-,17?,18+/m1/s1. The van der Waals surface area contributed by atoms with E-state index in [1.807, 2.05) is 0 Å². The molecule has 2 saturated heterocycles. The first kappa shape index (κ1) is 29.6. The fourth-order valence-electron chi connectivity index (χ4n) is 3.82. The van der Waals surface area contributed by atoms with Crippen LogP contribution >= 0.6 is 0 Å². The van der Waals surface area contributed by atoms with Crippen molar-refractivity contribution < 1.29 is 80.6 Å². The first-order valence-corrected chi connectivity index (χ1v) is 10.5. The Bertz CT molecular complexity index is 609. The van der Waals surface area contributed by atoms with Crippen molar-refractivity contribution in [1.29, 1.82) is 0 Å². The zero-order chi connectivity index (χ0) is 25.9. The van der Waals surface area contributed by atoms with Gasteiger partial charge in [0.15, 0.2) is 6.29 Å². The summed E-state index contributed by atoms with van der Waals surface area (Å²) in [5, 5.41) is 129. The molecule has 13 N–H and O–H groups in total. The third kappa shape index (κ3) is 6.01. The van der Waals surface area contributed by atoms with Gasteiger partial charge in [-0.2, -0.15) is 0 Å². The Hall–Kier alpha value is -0.640. The summed E-state index contributed by atoms with van der Waals surface area (Å²) in [4.78, 5) is 0. The molecule has 0 aliphatic carbocycles. The minimum absolute atomic E-state index is 0.845. The van der Waals surface area contributed by atoms with Crippen molar-refractivity contribution in [2.24, 2.45) is 0 Å². The molecule has 2 heterocycles. The van der Waals surface area contributed by atoms with Crippen LogP contribution in [-0.2, 0) is 14.2 Å². The van der Waals surface area contributed by atoms with Crippen molar-refractivity contribution in [2.75, 3.05) is 19.8 Å². The lowest BCUT2D eigenvalue weighted by Gasteiger charge is -2.47. The van der Waals surface area contributed by atoms with Crippen molar-refractivity contribution in [3.63, 3.8) is 0 Å². The van der Waals surface area contributed by atoms with Crippen LogP contribution < -0.4 is 0 Å². The minimum Gasteiger partial charge on any atom is -0.394 e. The maximum atomic E-state index is 10.7. The molecule has 0 bridgehead atoms. The maximum absolute atomic E-state index is 10.7. The highest BCUT2D eigenvalue weighted by Gasteiger charge is 2.53. The highest BCUT2D eigenvalue weighted by Crippen LogP contribution is 2.31. The van der Waals surface area contributed by atoms with Crippen molar-refractivity contribution in [1.82, 2.24) is 0 Å². The van der Waals surface area contributed by atoms with Crippen LogP contribution in [0.5, 0.6) is 0 Å². The first-order chi connectivity index (χ1) is 15.9. The minimum atomic E-state index is -2.31. The molecular formula is C18H34O16. The van der Waals surface area contributed by atoms with Gasteiger partial charge in [0, 0.05) is 0 Å². The summed E-state index contributed by atoms with van der Waals surface area (Å²) < 4.78 is 15.9. The molecule has 0 aromatic heterocycles. The Morgan fingerprint density at radius 3 is 1.59 bits per heavy atom.